The van der Waals surface area contributed by atoms with Crippen molar-refractivity contribution in [2.45, 2.75) is 6.04 Å². The summed E-state index contributed by atoms with van der Waals surface area (Å²) in [6.07, 6.45) is 1.98. The molecule has 2 heterocycles. The van der Waals surface area contributed by atoms with E-state index in [1.165, 1.54) is 4.90 Å². The van der Waals surface area contributed by atoms with Gasteiger partial charge in [0.2, 0.25) is 0 Å². The fraction of sp³-hybridized carbons (Fsp3) is 0.103. The molecule has 4 aromatic carbocycles. The van der Waals surface area contributed by atoms with Gasteiger partial charge in [0.15, 0.2) is 0 Å². The van der Waals surface area contributed by atoms with Crippen LogP contribution in [-0.4, -0.2) is 36.5 Å². The van der Waals surface area contributed by atoms with Gasteiger partial charge in [-0.3, -0.25) is 9.59 Å². The molecule has 35 heavy (non-hydrogen) atoms. The third kappa shape index (κ3) is 3.60. The molecule has 1 aromatic heterocycles. The number of carbonyl (C=O) groups is 2. The number of nitrogens with one attached hydrogen (secondary N) is 2. The molecule has 2 amide bonds. The molecule has 1 aliphatic rings. The number of rotatable bonds is 3. The Hall–Kier alpha value is -4.58. The molecule has 0 aliphatic carbocycles. The van der Waals surface area contributed by atoms with E-state index >= 15 is 0 Å². The van der Waals surface area contributed by atoms with E-state index in [-0.39, 0.29) is 18.4 Å². The number of hydrogen-bond donors (Lipinski definition) is 2. The van der Waals surface area contributed by atoms with Crippen molar-refractivity contribution in [2.75, 3.05) is 18.6 Å². The molecule has 0 spiro atoms. The zero-order valence-corrected chi connectivity index (χ0v) is 19.1. The maximum absolute atomic E-state index is 13.2. The zero-order valence-electron chi connectivity index (χ0n) is 19.1. The average molecular weight is 462 g/mol. The lowest BCUT2D eigenvalue weighted by atomic mass is 9.97. The van der Waals surface area contributed by atoms with Crippen LogP contribution in [0.15, 0.2) is 91.1 Å². The second-order valence-electron chi connectivity index (χ2n) is 8.69. The van der Waals surface area contributed by atoms with Crippen LogP contribution in [0.25, 0.3) is 32.8 Å². The number of aromatic nitrogens is 1. The Labute approximate surface area is 202 Å². The van der Waals surface area contributed by atoms with Crippen molar-refractivity contribution in [1.82, 2.24) is 10.3 Å². The summed E-state index contributed by atoms with van der Waals surface area (Å²) in [7, 11) is 1.69. The van der Waals surface area contributed by atoms with Gasteiger partial charge in [-0.2, -0.15) is 0 Å². The molecule has 0 saturated carbocycles. The van der Waals surface area contributed by atoms with E-state index in [2.05, 4.69) is 34.6 Å². The number of hydrogen-bond acceptors (Lipinski definition) is 3. The van der Waals surface area contributed by atoms with Gasteiger partial charge in [-0.05, 0) is 46.7 Å². The van der Waals surface area contributed by atoms with Gasteiger partial charge in [0.25, 0.3) is 11.8 Å². The fourth-order valence-electron chi connectivity index (χ4n) is 4.74. The molecule has 0 radical (unpaired) electrons. The van der Waals surface area contributed by atoms with Gasteiger partial charge in [-0.25, -0.2) is 0 Å². The van der Waals surface area contributed by atoms with Gasteiger partial charge in [0, 0.05) is 35.3 Å². The Morgan fingerprint density at radius 2 is 1.74 bits per heavy atom. The van der Waals surface area contributed by atoms with Crippen LogP contribution in [0.5, 0.6) is 5.75 Å². The minimum atomic E-state index is -0.792. The monoisotopic (exact) mass is 461 g/mol. The summed E-state index contributed by atoms with van der Waals surface area (Å²) >= 11 is 0. The van der Waals surface area contributed by atoms with Crippen molar-refractivity contribution >= 4 is 39.2 Å². The van der Waals surface area contributed by atoms with Crippen LogP contribution in [0.1, 0.15) is 10.4 Å². The van der Waals surface area contributed by atoms with Gasteiger partial charge >= 0.3 is 0 Å². The number of aromatic amines is 1. The van der Waals surface area contributed by atoms with Crippen molar-refractivity contribution in [3.05, 3.63) is 96.7 Å². The molecule has 172 valence electrons. The second-order valence-corrected chi connectivity index (χ2v) is 8.69. The first-order valence-electron chi connectivity index (χ1n) is 11.5. The third-order valence-electron chi connectivity index (χ3n) is 6.59. The van der Waals surface area contributed by atoms with Crippen LogP contribution >= 0.6 is 0 Å². The smallest absolute Gasteiger partial charge is 0.252 e. The highest BCUT2D eigenvalue weighted by Crippen LogP contribution is 2.34. The molecule has 0 bridgehead atoms. The summed E-state index contributed by atoms with van der Waals surface area (Å²) in [6, 6.07) is 26.6. The fourth-order valence-corrected chi connectivity index (χ4v) is 4.74. The third-order valence-corrected chi connectivity index (χ3v) is 6.59. The maximum Gasteiger partial charge on any atom is 0.252 e. The summed E-state index contributed by atoms with van der Waals surface area (Å²) in [4.78, 5) is 31.1. The van der Waals surface area contributed by atoms with E-state index in [0.717, 1.165) is 32.8 Å². The summed E-state index contributed by atoms with van der Waals surface area (Å²) in [5.41, 5.74) is 4.22. The summed E-state index contributed by atoms with van der Waals surface area (Å²) in [6.45, 7) is 0.0690. The first-order chi connectivity index (χ1) is 17.1. The molecular formula is C29H23N3O3. The van der Waals surface area contributed by atoms with Gasteiger partial charge in [0.05, 0.1) is 5.69 Å². The second kappa shape index (κ2) is 8.33. The standard InChI is InChI=1S/C29H23N3O3/c1-32-26-11-4-5-12-27(26)35-17-25(29(32)34)31-28(33)19-13-14-24-22(15-19)23(16-30-24)21-10-6-8-18-7-2-3-9-20(18)21/h2-16,25,30H,17H2,1H3,(H,31,33)/t25-/m0/s1. The SMILES string of the molecule is CN1C(=O)[C@@H](NC(=O)c2ccc3[nH]cc(-c4cccc5ccccc45)c3c2)COc2ccccc21. The number of ether oxygens (including phenoxy) is 1. The lowest BCUT2D eigenvalue weighted by Crippen LogP contribution is -2.49. The largest absolute Gasteiger partial charge is 0.489 e. The van der Waals surface area contributed by atoms with Crippen LogP contribution in [0.2, 0.25) is 0 Å². The van der Waals surface area contributed by atoms with E-state index in [1.54, 1.807) is 13.1 Å². The van der Waals surface area contributed by atoms with E-state index in [0.29, 0.717) is 17.0 Å². The first-order valence-corrected chi connectivity index (χ1v) is 11.5. The number of H-pyrrole nitrogens is 1. The number of amides is 2. The number of anilines is 1. The normalized spacial score (nSPS) is 15.5. The van der Waals surface area contributed by atoms with E-state index in [1.807, 2.05) is 60.8 Å². The molecule has 0 fully saturated rings. The number of benzene rings is 4. The molecule has 6 nitrogen and oxygen atoms in total. The molecular weight excluding hydrogens is 438 g/mol. The Balaban J connectivity index is 1.32. The molecule has 0 unspecified atom stereocenters. The van der Waals surface area contributed by atoms with Crippen LogP contribution < -0.4 is 15.0 Å². The van der Waals surface area contributed by atoms with E-state index in [9.17, 15) is 9.59 Å². The number of fused-ring (bicyclic) bond motifs is 3. The first kappa shape index (κ1) is 21.0. The molecule has 1 atom stereocenters. The van der Waals surface area contributed by atoms with Gasteiger partial charge < -0.3 is 19.9 Å². The van der Waals surface area contributed by atoms with Crippen LogP contribution in [0.3, 0.4) is 0 Å². The van der Waals surface area contributed by atoms with Crippen LogP contribution in [-0.2, 0) is 4.79 Å². The quantitative estimate of drug-likeness (QED) is 0.391. The lowest BCUT2D eigenvalue weighted by Gasteiger charge is -2.20. The Morgan fingerprint density at radius 3 is 2.66 bits per heavy atom. The Bertz CT molecular complexity index is 1600. The van der Waals surface area contributed by atoms with Gasteiger partial charge in [-0.15, -0.1) is 0 Å². The predicted molar refractivity (Wildman–Crippen MR) is 138 cm³/mol. The summed E-state index contributed by atoms with van der Waals surface area (Å²) in [5, 5.41) is 6.12. The molecule has 0 saturated heterocycles. The van der Waals surface area contributed by atoms with Crippen molar-refractivity contribution < 1.29 is 14.3 Å². The lowest BCUT2D eigenvalue weighted by molar-refractivity contribution is -0.120. The molecule has 6 heteroatoms. The maximum atomic E-state index is 13.2. The molecule has 5 aromatic rings. The van der Waals surface area contributed by atoms with E-state index < -0.39 is 6.04 Å². The highest BCUT2D eigenvalue weighted by molar-refractivity contribution is 6.08. The van der Waals surface area contributed by atoms with Crippen molar-refractivity contribution in [1.29, 1.82) is 0 Å². The highest BCUT2D eigenvalue weighted by atomic mass is 16.5. The zero-order chi connectivity index (χ0) is 23.9. The number of para-hydroxylation sites is 2. The Kier molecular flexibility index (Phi) is 4.99. The minimum Gasteiger partial charge on any atom is -0.489 e. The highest BCUT2D eigenvalue weighted by Gasteiger charge is 2.30. The number of likely N-dealkylation sites (N-methyl/N-ethyl adjacent to an activating group) is 1. The average Bonchev–Trinajstić information content (AvgIpc) is 3.28. The number of nitrogens with zero attached hydrogens (tertiary/aromatic N) is 1. The number of carbonyl (C=O) groups excluding carboxylic acids is 2. The summed E-state index contributed by atoms with van der Waals surface area (Å²) in [5.74, 6) is 0.0781. The van der Waals surface area contributed by atoms with Gasteiger partial charge in [0.1, 0.15) is 18.4 Å². The van der Waals surface area contributed by atoms with Crippen molar-refractivity contribution in [2.24, 2.45) is 0 Å². The van der Waals surface area contributed by atoms with Crippen molar-refractivity contribution in [3.63, 3.8) is 0 Å². The van der Waals surface area contributed by atoms with Gasteiger partial charge in [-0.1, -0.05) is 54.6 Å². The molecule has 2 N–H and O–H groups in total. The van der Waals surface area contributed by atoms with Crippen LogP contribution in [0.4, 0.5) is 5.69 Å². The van der Waals surface area contributed by atoms with E-state index in [4.69, 9.17) is 4.74 Å². The Morgan fingerprint density at radius 1 is 0.943 bits per heavy atom. The minimum absolute atomic E-state index is 0.0690. The molecule has 1 aliphatic heterocycles. The van der Waals surface area contributed by atoms with Crippen LogP contribution in [0, 0.1) is 0 Å². The molecule has 6 rings (SSSR count). The predicted octanol–water partition coefficient (Wildman–Crippen LogP) is 5.14. The topological polar surface area (TPSA) is 74.4 Å². The summed E-state index contributed by atoms with van der Waals surface area (Å²) < 4.78 is 5.83. The van der Waals surface area contributed by atoms with Crippen molar-refractivity contribution in [3.8, 4) is 16.9 Å².